The molecule has 1 aliphatic heterocycles. The summed E-state index contributed by atoms with van der Waals surface area (Å²) in [7, 11) is 0. The average Bonchev–Trinajstić information content (AvgIpc) is 3.09. The van der Waals surface area contributed by atoms with E-state index < -0.39 is 35.8 Å². The predicted octanol–water partition coefficient (Wildman–Crippen LogP) is 7.48. The van der Waals surface area contributed by atoms with Crippen molar-refractivity contribution in [2.24, 2.45) is 0 Å². The van der Waals surface area contributed by atoms with Gasteiger partial charge in [-0.05, 0) is 42.7 Å². The highest BCUT2D eigenvalue weighted by Gasteiger charge is 2.50. The summed E-state index contributed by atoms with van der Waals surface area (Å²) in [5.74, 6) is -0.568. The Hall–Kier alpha value is -3.79. The molecular formula is C39H42O7S. The van der Waals surface area contributed by atoms with Crippen molar-refractivity contribution in [3.05, 3.63) is 138 Å². The zero-order chi connectivity index (χ0) is 32.8. The minimum absolute atomic E-state index is 0.0295. The van der Waals surface area contributed by atoms with E-state index in [4.69, 9.17) is 23.7 Å². The van der Waals surface area contributed by atoms with Gasteiger partial charge < -0.3 is 28.5 Å². The van der Waals surface area contributed by atoms with Crippen LogP contribution in [0.2, 0.25) is 0 Å². The van der Waals surface area contributed by atoms with Crippen LogP contribution >= 0.6 is 11.8 Å². The highest BCUT2D eigenvalue weighted by molar-refractivity contribution is 7.99. The zero-order valence-electron chi connectivity index (χ0n) is 26.9. The summed E-state index contributed by atoms with van der Waals surface area (Å²) in [6.45, 7) is 4.71. The number of rotatable bonds is 16. The van der Waals surface area contributed by atoms with E-state index in [9.17, 15) is 9.59 Å². The first-order chi connectivity index (χ1) is 22.9. The first-order valence-electron chi connectivity index (χ1n) is 15.9. The fourth-order valence-electron chi connectivity index (χ4n) is 5.26. The van der Waals surface area contributed by atoms with Gasteiger partial charge in [-0.1, -0.05) is 120 Å². The number of thioether (sulfide) groups is 1. The minimum atomic E-state index is -0.837. The van der Waals surface area contributed by atoms with E-state index in [0.29, 0.717) is 13.2 Å². The van der Waals surface area contributed by atoms with Gasteiger partial charge in [-0.25, -0.2) is 0 Å². The lowest BCUT2D eigenvalue weighted by Gasteiger charge is -2.45. The van der Waals surface area contributed by atoms with Crippen molar-refractivity contribution in [1.29, 1.82) is 0 Å². The van der Waals surface area contributed by atoms with Crippen molar-refractivity contribution in [2.45, 2.75) is 81.3 Å². The van der Waals surface area contributed by atoms with Crippen LogP contribution in [0.15, 0.2) is 120 Å². The smallest absolute Gasteiger partial charge is 0.306 e. The molecule has 0 unspecified atom stereocenters. The summed E-state index contributed by atoms with van der Waals surface area (Å²) in [4.78, 5) is 25.9. The minimum Gasteiger partial charge on any atom is -0.456 e. The summed E-state index contributed by atoms with van der Waals surface area (Å²) >= 11 is 1.47. The van der Waals surface area contributed by atoms with Crippen molar-refractivity contribution in [1.82, 2.24) is 0 Å². The molecule has 0 N–H and O–H groups in total. The van der Waals surface area contributed by atoms with E-state index in [1.165, 1.54) is 18.7 Å². The van der Waals surface area contributed by atoms with Crippen LogP contribution in [-0.2, 0) is 53.1 Å². The van der Waals surface area contributed by atoms with E-state index in [1.807, 2.05) is 122 Å². The Labute approximate surface area is 281 Å². The number of ether oxygens (including phenoxy) is 5. The molecule has 7 nitrogen and oxygen atoms in total. The van der Waals surface area contributed by atoms with Gasteiger partial charge in [0.15, 0.2) is 6.10 Å². The molecule has 1 heterocycles. The molecule has 0 bridgehead atoms. The number of hydrogen-bond donors (Lipinski definition) is 0. The van der Waals surface area contributed by atoms with Crippen molar-refractivity contribution in [2.75, 3.05) is 6.61 Å². The van der Waals surface area contributed by atoms with Crippen molar-refractivity contribution in [3.63, 3.8) is 0 Å². The number of carbonyl (C=O) groups is 2. The highest BCUT2D eigenvalue weighted by Crippen LogP contribution is 2.38. The molecule has 1 fully saturated rings. The molecule has 4 aromatic rings. The number of carbonyl (C=O) groups excluding carboxylic acids is 2. The molecule has 4 aromatic carbocycles. The number of Topliss-reactive ketones (excluding diaryl/α,β-unsaturated/α-hetero) is 1. The quantitative estimate of drug-likeness (QED) is 0.115. The van der Waals surface area contributed by atoms with Gasteiger partial charge in [-0.2, -0.15) is 0 Å². The summed E-state index contributed by atoms with van der Waals surface area (Å²) in [6, 6.07) is 37.8. The molecule has 0 aromatic heterocycles. The largest absolute Gasteiger partial charge is 0.456 e. The van der Waals surface area contributed by atoms with Crippen molar-refractivity contribution in [3.8, 4) is 0 Å². The molecule has 5 atom stereocenters. The van der Waals surface area contributed by atoms with Crippen molar-refractivity contribution < 1.29 is 33.3 Å². The Morgan fingerprint density at radius 1 is 0.660 bits per heavy atom. The molecule has 0 spiro atoms. The predicted molar refractivity (Wildman–Crippen MR) is 182 cm³/mol. The fourth-order valence-corrected chi connectivity index (χ4v) is 6.37. The Morgan fingerprint density at radius 3 is 1.74 bits per heavy atom. The zero-order valence-corrected chi connectivity index (χ0v) is 27.7. The molecule has 0 amide bonds. The molecule has 246 valence electrons. The monoisotopic (exact) mass is 654 g/mol. The van der Waals surface area contributed by atoms with Gasteiger partial charge in [0.1, 0.15) is 29.5 Å². The molecule has 0 radical (unpaired) electrons. The third kappa shape index (κ3) is 10.9. The Balaban J connectivity index is 1.47. The number of benzene rings is 4. The maximum absolute atomic E-state index is 13.2. The second-order valence-corrected chi connectivity index (χ2v) is 12.8. The van der Waals surface area contributed by atoms with Crippen LogP contribution in [0.5, 0.6) is 0 Å². The van der Waals surface area contributed by atoms with E-state index >= 15 is 0 Å². The lowest BCUT2D eigenvalue weighted by Crippen LogP contribution is -2.60. The molecular weight excluding hydrogens is 612 g/mol. The highest BCUT2D eigenvalue weighted by atomic mass is 32.2. The van der Waals surface area contributed by atoms with Gasteiger partial charge >= 0.3 is 5.97 Å². The molecule has 5 rings (SSSR count). The maximum Gasteiger partial charge on any atom is 0.306 e. The van der Waals surface area contributed by atoms with Crippen LogP contribution in [0.25, 0.3) is 0 Å². The lowest BCUT2D eigenvalue weighted by molar-refractivity contribution is -0.249. The standard InChI is InChI=1S/C39H42O7S/c1-28-18-21-33(22-19-28)47-39-38(46-35(41)23-20-29(2)40)37(44-26-32-16-10-5-11-17-32)36(43-25-31-14-8-4-9-15-31)34(45-39)27-42-24-30-12-6-3-7-13-30/h3-19,21-22,34,36-39H,20,23-27H2,1-2H3/t34-,36-,37+,38-,39-/m0/s1. The van der Waals surface area contributed by atoms with Crippen LogP contribution in [-0.4, -0.2) is 48.2 Å². The molecule has 0 saturated carbocycles. The molecule has 1 saturated heterocycles. The number of aryl methyl sites for hydroxylation is 1. The van der Waals surface area contributed by atoms with Crippen LogP contribution in [0, 0.1) is 6.92 Å². The van der Waals surface area contributed by atoms with E-state index in [2.05, 4.69) is 0 Å². The second-order valence-electron chi connectivity index (χ2n) is 11.7. The van der Waals surface area contributed by atoms with Gasteiger partial charge in [0.2, 0.25) is 0 Å². The van der Waals surface area contributed by atoms with Gasteiger partial charge in [0.05, 0.1) is 32.8 Å². The van der Waals surface area contributed by atoms with Gasteiger partial charge in [-0.15, -0.1) is 0 Å². The number of hydrogen-bond acceptors (Lipinski definition) is 8. The lowest BCUT2D eigenvalue weighted by atomic mass is 9.98. The topological polar surface area (TPSA) is 80.3 Å². The first kappa shape index (κ1) is 34.5. The maximum atomic E-state index is 13.2. The van der Waals surface area contributed by atoms with Gasteiger partial charge in [0.25, 0.3) is 0 Å². The van der Waals surface area contributed by atoms with Crippen LogP contribution in [0.1, 0.15) is 42.0 Å². The summed E-state index contributed by atoms with van der Waals surface area (Å²) in [5.41, 5.74) is 3.51. The number of esters is 1. The van der Waals surface area contributed by atoms with Crippen LogP contribution in [0.3, 0.4) is 0 Å². The summed E-state index contributed by atoms with van der Waals surface area (Å²) in [6.07, 6.45) is -2.66. The SMILES string of the molecule is CC(=O)CCC(=O)O[C@H]1[C@H](OCc2ccccc2)[C@@H](OCc2ccccc2)[C@H](COCc2ccccc2)O[C@H]1Sc1ccc(C)cc1. The van der Waals surface area contributed by atoms with Crippen LogP contribution in [0.4, 0.5) is 0 Å². The molecule has 8 heteroatoms. The molecule has 47 heavy (non-hydrogen) atoms. The van der Waals surface area contributed by atoms with Gasteiger partial charge in [0, 0.05) is 11.3 Å². The Morgan fingerprint density at radius 2 is 1.19 bits per heavy atom. The summed E-state index contributed by atoms with van der Waals surface area (Å²) < 4.78 is 32.5. The third-order valence-electron chi connectivity index (χ3n) is 7.78. The van der Waals surface area contributed by atoms with Crippen molar-refractivity contribution >= 4 is 23.5 Å². The second kappa shape index (κ2) is 17.9. The van der Waals surface area contributed by atoms with Crippen LogP contribution < -0.4 is 0 Å². The average molecular weight is 655 g/mol. The third-order valence-corrected chi connectivity index (χ3v) is 8.93. The Bertz CT molecular complexity index is 1520. The Kier molecular flexibility index (Phi) is 13.2. The fraction of sp³-hybridized carbons (Fsp3) is 0.333. The normalized spacial score (nSPS) is 20.9. The molecule has 1 aliphatic rings. The van der Waals surface area contributed by atoms with E-state index in [1.54, 1.807) is 0 Å². The van der Waals surface area contributed by atoms with Gasteiger partial charge in [-0.3, -0.25) is 4.79 Å². The van der Waals surface area contributed by atoms with E-state index in [0.717, 1.165) is 27.1 Å². The summed E-state index contributed by atoms with van der Waals surface area (Å²) in [5, 5.41) is 0. The van der Waals surface area contributed by atoms with E-state index in [-0.39, 0.29) is 31.8 Å². The molecule has 0 aliphatic carbocycles. The number of ketones is 1. The first-order valence-corrected chi connectivity index (χ1v) is 16.8.